The van der Waals surface area contributed by atoms with Crippen molar-refractivity contribution in [1.29, 1.82) is 0 Å². The Kier molecular flexibility index (Phi) is 5.80. The van der Waals surface area contributed by atoms with Crippen LogP contribution in [0.4, 0.5) is 0 Å². The van der Waals surface area contributed by atoms with Crippen molar-refractivity contribution in [3.8, 4) is 11.5 Å². The van der Waals surface area contributed by atoms with E-state index in [-0.39, 0.29) is 5.97 Å². The molecule has 3 heteroatoms. The van der Waals surface area contributed by atoms with E-state index >= 15 is 0 Å². The minimum absolute atomic E-state index is 0.231. The molecule has 0 aliphatic heterocycles. The minimum atomic E-state index is -0.231. The Morgan fingerprint density at radius 3 is 2.48 bits per heavy atom. The summed E-state index contributed by atoms with van der Waals surface area (Å²) < 4.78 is 11.4. The number of rotatable bonds is 6. The second kappa shape index (κ2) is 7.82. The van der Waals surface area contributed by atoms with Gasteiger partial charge in [0.1, 0.15) is 18.1 Å². The summed E-state index contributed by atoms with van der Waals surface area (Å²) in [4.78, 5) is 11.6. The summed E-state index contributed by atoms with van der Waals surface area (Å²) in [5.41, 5.74) is 4.51. The average Bonchev–Trinajstić information content (AvgIpc) is 2.56. The van der Waals surface area contributed by atoms with Gasteiger partial charge in [-0.1, -0.05) is 32.0 Å². The highest BCUT2D eigenvalue weighted by atomic mass is 16.5. The molecule has 2 aromatic carbocycles. The molecule has 23 heavy (non-hydrogen) atoms. The summed E-state index contributed by atoms with van der Waals surface area (Å²) in [6.45, 7) is 8.40. The van der Waals surface area contributed by atoms with Crippen LogP contribution in [0.25, 0.3) is 0 Å². The number of benzene rings is 2. The lowest BCUT2D eigenvalue weighted by molar-refractivity contribution is -0.134. The molecule has 0 N–H and O–H groups in total. The number of ether oxygens (including phenoxy) is 2. The number of aryl methyl sites for hydroxylation is 3. The summed E-state index contributed by atoms with van der Waals surface area (Å²) >= 11 is 0. The Morgan fingerprint density at radius 1 is 1.04 bits per heavy atom. The largest absolute Gasteiger partial charge is 0.489 e. The molecule has 0 spiro atoms. The minimum Gasteiger partial charge on any atom is -0.489 e. The third kappa shape index (κ3) is 4.35. The van der Waals surface area contributed by atoms with E-state index in [2.05, 4.69) is 26.8 Å². The van der Waals surface area contributed by atoms with Crippen molar-refractivity contribution in [2.45, 2.75) is 47.1 Å². The molecule has 0 bridgehead atoms. The molecule has 0 unspecified atom stereocenters. The lowest BCUT2D eigenvalue weighted by Gasteiger charge is -2.15. The number of carbonyl (C=O) groups is 1. The Balaban J connectivity index is 2.22. The summed E-state index contributed by atoms with van der Waals surface area (Å²) in [6, 6.07) is 11.8. The van der Waals surface area contributed by atoms with Crippen molar-refractivity contribution < 1.29 is 14.3 Å². The van der Waals surface area contributed by atoms with E-state index in [0.717, 1.165) is 23.3 Å². The molecule has 0 saturated carbocycles. The first-order valence-electron chi connectivity index (χ1n) is 8.06. The van der Waals surface area contributed by atoms with Crippen molar-refractivity contribution in [3.63, 3.8) is 0 Å². The van der Waals surface area contributed by atoms with E-state index in [1.807, 2.05) is 30.3 Å². The summed E-state index contributed by atoms with van der Waals surface area (Å²) in [5.74, 6) is 1.19. The molecule has 0 atom stereocenters. The zero-order chi connectivity index (χ0) is 16.8. The first-order valence-corrected chi connectivity index (χ1v) is 8.06. The van der Waals surface area contributed by atoms with E-state index in [1.54, 1.807) is 6.92 Å². The first kappa shape index (κ1) is 17.1. The van der Waals surface area contributed by atoms with Crippen LogP contribution in [0.2, 0.25) is 0 Å². The lowest BCUT2D eigenvalue weighted by Crippen LogP contribution is -2.10. The Hall–Kier alpha value is -2.29. The number of hydrogen-bond donors (Lipinski definition) is 0. The van der Waals surface area contributed by atoms with Crippen LogP contribution in [0.3, 0.4) is 0 Å². The fraction of sp³-hybridized carbons (Fsp3) is 0.350. The highest BCUT2D eigenvalue weighted by molar-refractivity contribution is 5.72. The summed E-state index contributed by atoms with van der Waals surface area (Å²) in [7, 11) is 0. The van der Waals surface area contributed by atoms with Crippen molar-refractivity contribution >= 4 is 5.97 Å². The van der Waals surface area contributed by atoms with Crippen LogP contribution in [-0.2, 0) is 17.8 Å². The van der Waals surface area contributed by atoms with Gasteiger partial charge in [0.25, 0.3) is 0 Å². The maximum absolute atomic E-state index is 11.6. The van der Waals surface area contributed by atoms with Crippen molar-refractivity contribution in [2.24, 2.45) is 0 Å². The molecule has 0 heterocycles. The molecule has 0 aliphatic carbocycles. The van der Waals surface area contributed by atoms with Crippen molar-refractivity contribution in [3.05, 3.63) is 58.7 Å². The molecule has 2 aromatic rings. The van der Waals surface area contributed by atoms with Crippen molar-refractivity contribution in [1.82, 2.24) is 0 Å². The van der Waals surface area contributed by atoms with Crippen LogP contribution >= 0.6 is 0 Å². The lowest BCUT2D eigenvalue weighted by atomic mass is 10.0. The Morgan fingerprint density at radius 2 is 1.83 bits per heavy atom. The SMILES string of the molecule is CCC(=O)Oc1cccc(CC)c1COc1ccc(C)c(C)c1. The van der Waals surface area contributed by atoms with E-state index in [9.17, 15) is 4.79 Å². The van der Waals surface area contributed by atoms with Gasteiger partial charge < -0.3 is 9.47 Å². The molecule has 0 aliphatic rings. The third-order valence-electron chi connectivity index (χ3n) is 3.98. The fourth-order valence-corrected chi connectivity index (χ4v) is 2.36. The van der Waals surface area contributed by atoms with Gasteiger partial charge in [-0.05, 0) is 55.2 Å². The maximum Gasteiger partial charge on any atom is 0.310 e. The Labute approximate surface area is 138 Å². The summed E-state index contributed by atoms with van der Waals surface area (Å²) in [5, 5.41) is 0. The predicted octanol–water partition coefficient (Wildman–Crippen LogP) is 4.76. The molecule has 2 rings (SSSR count). The smallest absolute Gasteiger partial charge is 0.310 e. The first-order chi connectivity index (χ1) is 11.0. The molecule has 0 aromatic heterocycles. The van der Waals surface area contributed by atoms with Crippen LogP contribution < -0.4 is 9.47 Å². The molecular formula is C20H24O3. The number of hydrogen-bond acceptors (Lipinski definition) is 3. The van der Waals surface area contributed by atoms with Gasteiger partial charge in [0.2, 0.25) is 0 Å². The van der Waals surface area contributed by atoms with Gasteiger partial charge in [0, 0.05) is 12.0 Å². The normalized spacial score (nSPS) is 10.4. The topological polar surface area (TPSA) is 35.5 Å². The Bertz CT molecular complexity index is 689. The van der Waals surface area contributed by atoms with Crippen LogP contribution in [-0.4, -0.2) is 5.97 Å². The van der Waals surface area contributed by atoms with Crippen LogP contribution in [0.15, 0.2) is 36.4 Å². The predicted molar refractivity (Wildman–Crippen MR) is 92.0 cm³/mol. The molecule has 122 valence electrons. The van der Waals surface area contributed by atoms with Gasteiger partial charge in [-0.2, -0.15) is 0 Å². The molecule has 0 radical (unpaired) electrons. The average molecular weight is 312 g/mol. The zero-order valence-corrected chi connectivity index (χ0v) is 14.3. The second-order valence-corrected chi connectivity index (χ2v) is 5.61. The van der Waals surface area contributed by atoms with E-state index in [1.165, 1.54) is 11.1 Å². The fourth-order valence-electron chi connectivity index (χ4n) is 2.36. The van der Waals surface area contributed by atoms with Gasteiger partial charge >= 0.3 is 5.97 Å². The summed E-state index contributed by atoms with van der Waals surface area (Å²) in [6.07, 6.45) is 1.22. The van der Waals surface area contributed by atoms with E-state index in [0.29, 0.717) is 18.8 Å². The van der Waals surface area contributed by atoms with Gasteiger partial charge in [-0.3, -0.25) is 4.79 Å². The van der Waals surface area contributed by atoms with Crippen LogP contribution in [0, 0.1) is 13.8 Å². The molecule has 0 fully saturated rings. The maximum atomic E-state index is 11.6. The highest BCUT2D eigenvalue weighted by Crippen LogP contribution is 2.26. The quantitative estimate of drug-likeness (QED) is 0.570. The van der Waals surface area contributed by atoms with Gasteiger partial charge in [0.05, 0.1) is 0 Å². The second-order valence-electron chi connectivity index (χ2n) is 5.61. The van der Waals surface area contributed by atoms with Crippen LogP contribution in [0.5, 0.6) is 11.5 Å². The van der Waals surface area contributed by atoms with Crippen LogP contribution in [0.1, 0.15) is 42.5 Å². The van der Waals surface area contributed by atoms with Gasteiger partial charge in [-0.25, -0.2) is 0 Å². The third-order valence-corrected chi connectivity index (χ3v) is 3.98. The molecule has 3 nitrogen and oxygen atoms in total. The van der Waals surface area contributed by atoms with E-state index in [4.69, 9.17) is 9.47 Å². The van der Waals surface area contributed by atoms with Crippen molar-refractivity contribution in [2.75, 3.05) is 0 Å². The monoisotopic (exact) mass is 312 g/mol. The van der Waals surface area contributed by atoms with E-state index < -0.39 is 0 Å². The number of carbonyl (C=O) groups excluding carboxylic acids is 1. The highest BCUT2D eigenvalue weighted by Gasteiger charge is 2.12. The molecule has 0 amide bonds. The number of esters is 1. The standard InChI is InChI=1S/C20H24O3/c1-5-16-8-7-9-19(23-20(21)6-2)18(16)13-22-17-11-10-14(3)15(4)12-17/h7-12H,5-6,13H2,1-4H3. The molecule has 0 saturated heterocycles. The van der Waals surface area contributed by atoms with Gasteiger partial charge in [0.15, 0.2) is 0 Å². The molecular weight excluding hydrogens is 288 g/mol. The zero-order valence-electron chi connectivity index (χ0n) is 14.3. The van der Waals surface area contributed by atoms with Gasteiger partial charge in [-0.15, -0.1) is 0 Å².